The molecule has 0 fully saturated rings. The van der Waals surface area contributed by atoms with Crippen molar-refractivity contribution in [3.05, 3.63) is 0 Å². The molecule has 0 spiro atoms. The number of nitrogens with one attached hydrogen (secondary N) is 1. The van der Waals surface area contributed by atoms with Gasteiger partial charge in [0.05, 0.1) is 0 Å². The van der Waals surface area contributed by atoms with Crippen molar-refractivity contribution in [2.24, 2.45) is 0 Å². The van der Waals surface area contributed by atoms with E-state index in [0.717, 1.165) is 0 Å². The molecule has 26 valence electrons. The largest absolute Gasteiger partial charge is 0.412 e. The van der Waals surface area contributed by atoms with Gasteiger partial charge in [-0.15, -0.1) is 0 Å². The second-order valence-corrected chi connectivity index (χ2v) is 0.289. The lowest BCUT2D eigenvalue weighted by Gasteiger charge is -1.30. The molecule has 3 N–H and O–H groups in total. The summed E-state index contributed by atoms with van der Waals surface area (Å²) in [5.74, 6) is 0. The van der Waals surface area contributed by atoms with Crippen LogP contribution in [0.15, 0.2) is 0 Å². The van der Waals surface area contributed by atoms with Crippen LogP contribution < -0.4 is 0 Å². The summed E-state index contributed by atoms with van der Waals surface area (Å²) in [4.78, 5) is 0. The first-order chi connectivity index (χ1) is 1.41. The molecule has 0 saturated heterocycles. The second-order valence-electron chi connectivity index (χ2n) is 0.289. The SMILES string of the molecule is CC=N.O. The molecule has 0 aliphatic heterocycles. The number of hydrogen-bond donors (Lipinski definition) is 1. The second kappa shape index (κ2) is 17.6. The van der Waals surface area contributed by atoms with Crippen LogP contribution in [-0.4, -0.2) is 11.7 Å². The average Bonchev–Trinajstić information content (AvgIpc) is 0.918. The van der Waals surface area contributed by atoms with Gasteiger partial charge in [0.15, 0.2) is 0 Å². The molecular formula is C2H7NO. The molecule has 2 heteroatoms. The summed E-state index contributed by atoms with van der Waals surface area (Å²) in [6, 6.07) is 0. The van der Waals surface area contributed by atoms with E-state index >= 15 is 0 Å². The average molecular weight is 61.1 g/mol. The Morgan fingerprint density at radius 3 is 1.75 bits per heavy atom. The fourth-order valence-electron chi connectivity index (χ4n) is 0. The Labute approximate surface area is 25.3 Å². The fraction of sp³-hybridized carbons (Fsp3) is 0.500. The Hall–Kier alpha value is -0.370. The Bertz CT molecular complexity index is 13.5. The van der Waals surface area contributed by atoms with Gasteiger partial charge in [0, 0.05) is 0 Å². The van der Waals surface area contributed by atoms with E-state index in [4.69, 9.17) is 5.41 Å². The topological polar surface area (TPSA) is 55.4 Å². The van der Waals surface area contributed by atoms with Crippen LogP contribution in [0.3, 0.4) is 0 Å². The van der Waals surface area contributed by atoms with Gasteiger partial charge in [0.2, 0.25) is 0 Å². The quantitative estimate of drug-likeness (QED) is 0.378. The van der Waals surface area contributed by atoms with Crippen molar-refractivity contribution < 1.29 is 5.48 Å². The molecule has 0 rings (SSSR count). The van der Waals surface area contributed by atoms with Crippen LogP contribution in [0.4, 0.5) is 0 Å². The van der Waals surface area contributed by atoms with E-state index in [2.05, 4.69) is 0 Å². The van der Waals surface area contributed by atoms with Crippen LogP contribution in [0, 0.1) is 5.41 Å². The van der Waals surface area contributed by atoms with Gasteiger partial charge in [-0.1, -0.05) is 0 Å². The zero-order chi connectivity index (χ0) is 2.71. The predicted molar refractivity (Wildman–Crippen MR) is 18.1 cm³/mol. The molecule has 0 amide bonds. The molecule has 0 aromatic heterocycles. The van der Waals surface area contributed by atoms with Crippen molar-refractivity contribution in [2.75, 3.05) is 0 Å². The molecule has 0 aliphatic rings. The zero-order valence-electron chi connectivity index (χ0n) is 2.58. The summed E-state index contributed by atoms with van der Waals surface area (Å²) < 4.78 is 0. The van der Waals surface area contributed by atoms with E-state index in [1.807, 2.05) is 0 Å². The van der Waals surface area contributed by atoms with Gasteiger partial charge in [0.1, 0.15) is 0 Å². The Balaban J connectivity index is 0. The van der Waals surface area contributed by atoms with Crippen LogP contribution in [0.1, 0.15) is 6.92 Å². The summed E-state index contributed by atoms with van der Waals surface area (Å²) in [6.45, 7) is 1.67. The maximum Gasteiger partial charge on any atom is -0.00788 e. The van der Waals surface area contributed by atoms with E-state index in [-0.39, 0.29) is 5.48 Å². The maximum absolute atomic E-state index is 6.08. The molecule has 0 radical (unpaired) electrons. The zero-order valence-corrected chi connectivity index (χ0v) is 2.58. The molecule has 0 heterocycles. The molecule has 0 aromatic rings. The van der Waals surface area contributed by atoms with Gasteiger partial charge >= 0.3 is 0 Å². The van der Waals surface area contributed by atoms with E-state index in [1.165, 1.54) is 6.21 Å². The minimum absolute atomic E-state index is 0. The first-order valence-electron chi connectivity index (χ1n) is 0.866. The highest BCUT2D eigenvalue weighted by molar-refractivity contribution is 5.48. The third kappa shape index (κ3) is 4.73. The molecule has 0 unspecified atom stereocenters. The minimum Gasteiger partial charge on any atom is -0.412 e. The third-order valence-electron chi connectivity index (χ3n) is 0. The summed E-state index contributed by atoms with van der Waals surface area (Å²) in [5, 5.41) is 6.08. The Morgan fingerprint density at radius 1 is 1.75 bits per heavy atom. The number of rotatable bonds is 0. The van der Waals surface area contributed by atoms with E-state index in [0.29, 0.717) is 0 Å². The van der Waals surface area contributed by atoms with E-state index in [9.17, 15) is 0 Å². The van der Waals surface area contributed by atoms with Gasteiger partial charge in [-0.05, 0) is 13.1 Å². The minimum atomic E-state index is 0. The summed E-state index contributed by atoms with van der Waals surface area (Å²) in [5.41, 5.74) is 0. The Kier molecular flexibility index (Phi) is 41.6. The van der Waals surface area contributed by atoms with Crippen molar-refractivity contribution >= 4 is 6.21 Å². The van der Waals surface area contributed by atoms with Crippen molar-refractivity contribution in [3.8, 4) is 0 Å². The molecule has 0 aliphatic carbocycles. The maximum atomic E-state index is 6.08. The summed E-state index contributed by atoms with van der Waals surface area (Å²) in [6.07, 6.45) is 1.25. The highest BCUT2D eigenvalue weighted by Gasteiger charge is 1.17. The lowest BCUT2D eigenvalue weighted by molar-refractivity contribution is 0.824. The smallest absolute Gasteiger partial charge is 0.00788 e. The highest BCUT2D eigenvalue weighted by Crippen LogP contribution is 1.16. The van der Waals surface area contributed by atoms with Crippen molar-refractivity contribution in [2.45, 2.75) is 6.92 Å². The highest BCUT2D eigenvalue weighted by atomic mass is 16.0. The van der Waals surface area contributed by atoms with Crippen LogP contribution in [0.5, 0.6) is 0 Å². The van der Waals surface area contributed by atoms with E-state index in [1.54, 1.807) is 6.92 Å². The van der Waals surface area contributed by atoms with Crippen LogP contribution in [0.2, 0.25) is 0 Å². The number of hydrogen-bond acceptors (Lipinski definition) is 1. The van der Waals surface area contributed by atoms with Crippen molar-refractivity contribution in [3.63, 3.8) is 0 Å². The van der Waals surface area contributed by atoms with Gasteiger partial charge < -0.3 is 10.9 Å². The van der Waals surface area contributed by atoms with Crippen molar-refractivity contribution in [1.29, 1.82) is 5.41 Å². The van der Waals surface area contributed by atoms with Crippen LogP contribution >= 0.6 is 0 Å². The van der Waals surface area contributed by atoms with Gasteiger partial charge in [-0.2, -0.15) is 0 Å². The van der Waals surface area contributed by atoms with Gasteiger partial charge in [-0.3, -0.25) is 0 Å². The fourth-order valence-corrected chi connectivity index (χ4v) is 0. The van der Waals surface area contributed by atoms with E-state index < -0.39 is 0 Å². The molecule has 2 nitrogen and oxygen atoms in total. The lowest BCUT2D eigenvalue weighted by atomic mass is 10.9. The Morgan fingerprint density at radius 2 is 1.75 bits per heavy atom. The molecular weight excluding hydrogens is 54.0 g/mol. The first-order valence-corrected chi connectivity index (χ1v) is 0.866. The normalized spacial score (nSPS) is 3.25. The molecule has 4 heavy (non-hydrogen) atoms. The van der Waals surface area contributed by atoms with Crippen LogP contribution in [-0.2, 0) is 0 Å². The molecule has 0 atom stereocenters. The van der Waals surface area contributed by atoms with Gasteiger partial charge in [0.25, 0.3) is 0 Å². The van der Waals surface area contributed by atoms with Crippen LogP contribution in [0.25, 0.3) is 0 Å². The van der Waals surface area contributed by atoms with Gasteiger partial charge in [-0.25, -0.2) is 0 Å². The molecule has 0 bridgehead atoms. The molecule has 0 saturated carbocycles. The first kappa shape index (κ1) is 9.45. The predicted octanol–water partition coefficient (Wildman–Crippen LogP) is -0.169. The summed E-state index contributed by atoms with van der Waals surface area (Å²) >= 11 is 0. The lowest BCUT2D eigenvalue weighted by Crippen LogP contribution is -1.32. The summed E-state index contributed by atoms with van der Waals surface area (Å²) in [7, 11) is 0. The van der Waals surface area contributed by atoms with Crippen molar-refractivity contribution in [1.82, 2.24) is 0 Å². The third-order valence-corrected chi connectivity index (χ3v) is 0. The standard InChI is InChI=1S/C2H5N.H2O/c1-2-3;/h2-3H,1H3;1H2. The monoisotopic (exact) mass is 61.1 g/mol. The molecule has 0 aromatic carbocycles.